The summed E-state index contributed by atoms with van der Waals surface area (Å²) in [7, 11) is 2.01. The molecule has 0 saturated carbocycles. The molecule has 8 heteroatoms. The highest BCUT2D eigenvalue weighted by Crippen LogP contribution is 2.26. The van der Waals surface area contributed by atoms with Crippen molar-refractivity contribution >= 4 is 17.0 Å². The zero-order chi connectivity index (χ0) is 13.3. The van der Waals surface area contributed by atoms with Crippen molar-refractivity contribution in [3.8, 4) is 0 Å². The van der Waals surface area contributed by atoms with Gasteiger partial charge < -0.3 is 5.11 Å². The summed E-state index contributed by atoms with van der Waals surface area (Å²) in [5.41, 5.74) is 1.52. The average Bonchev–Trinajstić information content (AvgIpc) is 2.69. The third kappa shape index (κ3) is 2.41. The Morgan fingerprint density at radius 1 is 1.67 bits per heavy atom. The molecule has 2 N–H and O–H groups in total. The molecule has 0 amide bonds. The fourth-order valence-electron chi connectivity index (χ4n) is 2.08. The lowest BCUT2D eigenvalue weighted by Gasteiger charge is -2.31. The number of likely N-dealkylation sites (N-methyl/N-ethyl adjacent to an activating group) is 1. The van der Waals surface area contributed by atoms with Crippen molar-refractivity contribution in [1.82, 2.24) is 14.7 Å². The summed E-state index contributed by atoms with van der Waals surface area (Å²) in [5.74, 6) is 0. The van der Waals surface area contributed by atoms with E-state index in [1.165, 1.54) is 4.31 Å². The summed E-state index contributed by atoms with van der Waals surface area (Å²) in [4.78, 5) is 2.16. The molecule has 1 aliphatic rings. The van der Waals surface area contributed by atoms with Gasteiger partial charge in [0.05, 0.1) is 37.3 Å². The third-order valence-corrected chi connectivity index (χ3v) is 4.03. The number of rotatable bonds is 4. The van der Waals surface area contributed by atoms with Crippen LogP contribution in [0, 0.1) is 0 Å². The highest BCUT2D eigenvalue weighted by molar-refractivity contribution is 7.80. The van der Waals surface area contributed by atoms with Crippen LogP contribution >= 0.6 is 0 Å². The van der Waals surface area contributed by atoms with Crippen LogP contribution in [0.2, 0.25) is 0 Å². The van der Waals surface area contributed by atoms with Crippen molar-refractivity contribution in [3.05, 3.63) is 11.9 Å². The topological polar surface area (TPSA) is 81.8 Å². The van der Waals surface area contributed by atoms with Crippen LogP contribution in [-0.2, 0) is 24.4 Å². The summed E-state index contributed by atoms with van der Waals surface area (Å²) in [6.07, 6.45) is 1.59. The first kappa shape index (κ1) is 13.5. The second-order valence-electron chi connectivity index (χ2n) is 4.48. The normalized spacial score (nSPS) is 21.7. The number of aromatic nitrogens is 2. The van der Waals surface area contributed by atoms with Gasteiger partial charge in [-0.3, -0.25) is 18.4 Å². The summed E-state index contributed by atoms with van der Waals surface area (Å²) in [6.45, 7) is 3.48. The van der Waals surface area contributed by atoms with Gasteiger partial charge in [0.25, 0.3) is 11.3 Å². The van der Waals surface area contributed by atoms with Crippen molar-refractivity contribution in [2.45, 2.75) is 26.1 Å². The number of hydrogen-bond acceptors (Lipinski definition) is 4. The molecule has 2 atom stereocenters. The molecule has 2 rings (SSSR count). The number of hydrogen-bond donors (Lipinski definition) is 2. The van der Waals surface area contributed by atoms with Crippen molar-refractivity contribution in [2.24, 2.45) is 0 Å². The van der Waals surface area contributed by atoms with Crippen molar-refractivity contribution in [1.29, 1.82) is 0 Å². The second kappa shape index (κ2) is 5.35. The van der Waals surface area contributed by atoms with E-state index in [1.54, 1.807) is 6.20 Å². The van der Waals surface area contributed by atoms with Crippen LogP contribution in [0.4, 0.5) is 5.69 Å². The maximum atomic E-state index is 11.3. The molecule has 0 spiro atoms. The molecule has 18 heavy (non-hydrogen) atoms. The first-order chi connectivity index (χ1) is 8.54. The molecule has 1 aliphatic heterocycles. The van der Waals surface area contributed by atoms with Crippen LogP contribution in [0.25, 0.3) is 0 Å². The molecule has 0 saturated heterocycles. The summed E-state index contributed by atoms with van der Waals surface area (Å²) in [5, 5.41) is 13.2. The molecule has 0 fully saturated rings. The number of nitrogens with zero attached hydrogens (tertiary/aromatic N) is 4. The van der Waals surface area contributed by atoms with Gasteiger partial charge in [0, 0.05) is 12.6 Å². The Bertz CT molecular complexity index is 450. The highest BCUT2D eigenvalue weighted by Gasteiger charge is 2.26. The lowest BCUT2D eigenvalue weighted by Crippen LogP contribution is -2.39. The van der Waals surface area contributed by atoms with Gasteiger partial charge >= 0.3 is 0 Å². The monoisotopic (exact) mass is 274 g/mol. The van der Waals surface area contributed by atoms with Crippen LogP contribution in [0.1, 0.15) is 12.6 Å². The largest absolute Gasteiger partial charge is 0.394 e. The van der Waals surface area contributed by atoms with Gasteiger partial charge in [0.15, 0.2) is 0 Å². The second-order valence-corrected chi connectivity index (χ2v) is 5.38. The molecule has 0 radical (unpaired) electrons. The van der Waals surface area contributed by atoms with Crippen molar-refractivity contribution in [3.63, 3.8) is 0 Å². The van der Waals surface area contributed by atoms with Crippen LogP contribution in [0.15, 0.2) is 6.20 Å². The summed E-state index contributed by atoms with van der Waals surface area (Å²) >= 11 is -2.15. The van der Waals surface area contributed by atoms with Gasteiger partial charge in [-0.15, -0.1) is 0 Å². The molecule has 2 heterocycles. The third-order valence-electron chi connectivity index (χ3n) is 3.28. The van der Waals surface area contributed by atoms with E-state index in [9.17, 15) is 8.76 Å². The maximum Gasteiger partial charge on any atom is 0.262 e. The van der Waals surface area contributed by atoms with Crippen LogP contribution in [0.3, 0.4) is 0 Å². The molecule has 1 aromatic heterocycles. The Morgan fingerprint density at radius 2 is 2.39 bits per heavy atom. The Kier molecular flexibility index (Phi) is 4.00. The quantitative estimate of drug-likeness (QED) is 0.734. The standard InChI is InChI=1S/C10H18N4O3S/c1-8-6-13-10(7-12(8)2)9(5-11-13)14(3-4-15)18(16)17/h5,8,15H,3-4,6-7H2,1-2H3,(H,16,17)/t8-/m0/s1. The van der Waals surface area contributed by atoms with E-state index in [2.05, 4.69) is 16.9 Å². The number of aliphatic hydroxyl groups is 1. The van der Waals surface area contributed by atoms with E-state index in [1.807, 2.05) is 11.7 Å². The van der Waals surface area contributed by atoms with Gasteiger partial charge in [0.1, 0.15) is 0 Å². The van der Waals surface area contributed by atoms with E-state index in [0.29, 0.717) is 18.3 Å². The predicted octanol–water partition coefficient (Wildman–Crippen LogP) is -0.348. The molecular weight excluding hydrogens is 256 g/mol. The number of anilines is 1. The van der Waals surface area contributed by atoms with Crippen LogP contribution in [0.5, 0.6) is 0 Å². The van der Waals surface area contributed by atoms with E-state index in [4.69, 9.17) is 5.11 Å². The molecule has 1 aromatic rings. The first-order valence-electron chi connectivity index (χ1n) is 5.79. The predicted molar refractivity (Wildman–Crippen MR) is 68.4 cm³/mol. The fourth-order valence-corrected chi connectivity index (χ4v) is 2.64. The van der Waals surface area contributed by atoms with Gasteiger partial charge in [-0.25, -0.2) is 4.21 Å². The molecule has 1 unspecified atom stereocenters. The minimum atomic E-state index is -2.15. The SMILES string of the molecule is C[C@H]1Cn2ncc(N(CCO)S(=O)O)c2CN1C. The lowest BCUT2D eigenvalue weighted by molar-refractivity contribution is 0.183. The highest BCUT2D eigenvalue weighted by atomic mass is 32.2. The van der Waals surface area contributed by atoms with E-state index >= 15 is 0 Å². The van der Waals surface area contributed by atoms with Crippen LogP contribution < -0.4 is 4.31 Å². The van der Waals surface area contributed by atoms with E-state index in [-0.39, 0.29) is 13.2 Å². The number of aliphatic hydroxyl groups excluding tert-OH is 1. The molecule has 7 nitrogen and oxygen atoms in total. The summed E-state index contributed by atoms with van der Waals surface area (Å²) < 4.78 is 23.7. The Hall–Kier alpha value is -0.960. The van der Waals surface area contributed by atoms with Crippen molar-refractivity contribution in [2.75, 3.05) is 24.5 Å². The van der Waals surface area contributed by atoms with E-state index < -0.39 is 11.3 Å². The molecule has 102 valence electrons. The Balaban J connectivity index is 2.33. The maximum absolute atomic E-state index is 11.3. The van der Waals surface area contributed by atoms with E-state index in [0.717, 1.165) is 12.2 Å². The fraction of sp³-hybridized carbons (Fsp3) is 0.700. The van der Waals surface area contributed by atoms with Gasteiger partial charge in [-0.05, 0) is 14.0 Å². The molecule has 0 bridgehead atoms. The molecule has 0 aliphatic carbocycles. The molecule has 0 aromatic carbocycles. The Labute approximate surface area is 108 Å². The zero-order valence-electron chi connectivity index (χ0n) is 10.5. The first-order valence-corrected chi connectivity index (χ1v) is 6.85. The minimum Gasteiger partial charge on any atom is -0.394 e. The smallest absolute Gasteiger partial charge is 0.262 e. The Morgan fingerprint density at radius 3 is 3.00 bits per heavy atom. The minimum absolute atomic E-state index is 0.112. The van der Waals surface area contributed by atoms with Crippen molar-refractivity contribution < 1.29 is 13.9 Å². The van der Waals surface area contributed by atoms with Crippen LogP contribution in [-0.4, -0.2) is 54.8 Å². The number of fused-ring (bicyclic) bond motifs is 1. The van der Waals surface area contributed by atoms with Gasteiger partial charge in [0.2, 0.25) is 0 Å². The lowest BCUT2D eigenvalue weighted by atomic mass is 10.2. The molecular formula is C10H18N4O3S. The van der Waals surface area contributed by atoms with Gasteiger partial charge in [-0.2, -0.15) is 5.10 Å². The summed E-state index contributed by atoms with van der Waals surface area (Å²) in [6, 6.07) is 0.385. The van der Waals surface area contributed by atoms with Gasteiger partial charge in [-0.1, -0.05) is 0 Å². The zero-order valence-corrected chi connectivity index (χ0v) is 11.3. The average molecular weight is 274 g/mol.